The molecule has 0 N–H and O–H groups in total. The second kappa shape index (κ2) is 5.58. The van der Waals surface area contributed by atoms with Crippen LogP contribution in [-0.4, -0.2) is 25.0 Å². The van der Waals surface area contributed by atoms with Crippen molar-refractivity contribution in [2.45, 2.75) is 31.2 Å². The molecule has 0 aliphatic heterocycles. The first-order valence-corrected chi connectivity index (χ1v) is 7.49. The van der Waals surface area contributed by atoms with Crippen LogP contribution in [0.15, 0.2) is 35.6 Å². The summed E-state index contributed by atoms with van der Waals surface area (Å²) in [5.41, 5.74) is 4.14. The monoisotopic (exact) mass is 285 g/mol. The van der Waals surface area contributed by atoms with Crippen LogP contribution in [0.3, 0.4) is 0 Å². The smallest absolute Gasteiger partial charge is 0.182 e. The van der Waals surface area contributed by atoms with E-state index in [0.29, 0.717) is 0 Å². The highest BCUT2D eigenvalue weighted by molar-refractivity contribution is 7.98. The van der Waals surface area contributed by atoms with Crippen molar-refractivity contribution >= 4 is 22.9 Å². The van der Waals surface area contributed by atoms with Gasteiger partial charge in [0.15, 0.2) is 11.2 Å². The van der Waals surface area contributed by atoms with Crippen molar-refractivity contribution in [1.82, 2.24) is 25.0 Å². The van der Waals surface area contributed by atoms with Gasteiger partial charge in [-0.2, -0.15) is 0 Å². The van der Waals surface area contributed by atoms with Crippen molar-refractivity contribution in [2.75, 3.05) is 0 Å². The van der Waals surface area contributed by atoms with E-state index < -0.39 is 0 Å². The van der Waals surface area contributed by atoms with Gasteiger partial charge in [-0.3, -0.25) is 0 Å². The molecule has 3 rings (SSSR count). The van der Waals surface area contributed by atoms with Gasteiger partial charge in [0.25, 0.3) is 0 Å². The number of thioether (sulfide) groups is 1. The van der Waals surface area contributed by atoms with Crippen LogP contribution >= 0.6 is 11.8 Å². The van der Waals surface area contributed by atoms with E-state index in [9.17, 15) is 0 Å². The van der Waals surface area contributed by atoms with Crippen LogP contribution in [0.1, 0.15) is 18.1 Å². The number of hydrogen-bond donors (Lipinski definition) is 0. The van der Waals surface area contributed by atoms with Crippen LogP contribution < -0.4 is 0 Å². The SMILES string of the molecule is CCn1nnc2c(SCc3cccc(C)c3)ncnc21. The second-order valence-electron chi connectivity index (χ2n) is 4.53. The van der Waals surface area contributed by atoms with Gasteiger partial charge in [-0.25, -0.2) is 14.6 Å². The first kappa shape index (κ1) is 13.1. The van der Waals surface area contributed by atoms with Crippen LogP contribution in [0.4, 0.5) is 0 Å². The van der Waals surface area contributed by atoms with Gasteiger partial charge in [0.1, 0.15) is 11.4 Å². The molecule has 20 heavy (non-hydrogen) atoms. The summed E-state index contributed by atoms with van der Waals surface area (Å²) in [7, 11) is 0. The molecule has 6 heteroatoms. The molecule has 0 saturated carbocycles. The molecule has 0 atom stereocenters. The van der Waals surface area contributed by atoms with Gasteiger partial charge in [-0.1, -0.05) is 46.8 Å². The minimum absolute atomic E-state index is 0.759. The molecule has 2 heterocycles. The first-order chi connectivity index (χ1) is 9.78. The molecule has 0 bridgehead atoms. The number of benzene rings is 1. The first-order valence-electron chi connectivity index (χ1n) is 6.50. The van der Waals surface area contributed by atoms with E-state index in [0.717, 1.165) is 28.5 Å². The van der Waals surface area contributed by atoms with E-state index in [-0.39, 0.29) is 0 Å². The van der Waals surface area contributed by atoms with Crippen molar-refractivity contribution in [2.24, 2.45) is 0 Å². The Morgan fingerprint density at radius 2 is 2.15 bits per heavy atom. The van der Waals surface area contributed by atoms with Crippen LogP contribution in [0.5, 0.6) is 0 Å². The molecule has 0 amide bonds. The van der Waals surface area contributed by atoms with E-state index >= 15 is 0 Å². The van der Waals surface area contributed by atoms with Gasteiger partial charge in [0.2, 0.25) is 0 Å². The summed E-state index contributed by atoms with van der Waals surface area (Å²) in [6, 6.07) is 8.49. The number of rotatable bonds is 4. The molecule has 0 unspecified atom stereocenters. The van der Waals surface area contributed by atoms with Crippen molar-refractivity contribution in [3.8, 4) is 0 Å². The van der Waals surface area contributed by atoms with Crippen LogP contribution in [0.2, 0.25) is 0 Å². The Morgan fingerprint density at radius 3 is 2.95 bits per heavy atom. The zero-order chi connectivity index (χ0) is 13.9. The van der Waals surface area contributed by atoms with Gasteiger partial charge in [0, 0.05) is 12.3 Å². The Bertz CT molecular complexity index is 737. The van der Waals surface area contributed by atoms with E-state index in [2.05, 4.69) is 51.5 Å². The molecule has 2 aromatic heterocycles. The third kappa shape index (κ3) is 2.51. The lowest BCUT2D eigenvalue weighted by Crippen LogP contribution is -1.97. The highest BCUT2D eigenvalue weighted by Gasteiger charge is 2.11. The molecule has 102 valence electrons. The van der Waals surface area contributed by atoms with Gasteiger partial charge in [-0.15, -0.1) is 5.10 Å². The number of aromatic nitrogens is 5. The minimum Gasteiger partial charge on any atom is -0.227 e. The third-order valence-corrected chi connectivity index (χ3v) is 4.07. The van der Waals surface area contributed by atoms with Crippen LogP contribution in [0.25, 0.3) is 11.2 Å². The van der Waals surface area contributed by atoms with Gasteiger partial charge in [-0.05, 0) is 19.4 Å². The quantitative estimate of drug-likeness (QED) is 0.545. The van der Waals surface area contributed by atoms with Crippen molar-refractivity contribution in [3.63, 3.8) is 0 Å². The molecule has 0 aliphatic rings. The summed E-state index contributed by atoms with van der Waals surface area (Å²) >= 11 is 1.67. The number of aryl methyl sites for hydroxylation is 2. The maximum absolute atomic E-state index is 4.33. The molecule has 1 aromatic carbocycles. The third-order valence-electron chi connectivity index (χ3n) is 3.02. The second-order valence-corrected chi connectivity index (χ2v) is 5.50. The summed E-state index contributed by atoms with van der Waals surface area (Å²) in [5, 5.41) is 9.17. The number of hydrogen-bond acceptors (Lipinski definition) is 5. The summed E-state index contributed by atoms with van der Waals surface area (Å²) in [6.07, 6.45) is 1.58. The largest absolute Gasteiger partial charge is 0.227 e. The lowest BCUT2D eigenvalue weighted by Gasteiger charge is -2.03. The Hall–Kier alpha value is -1.95. The zero-order valence-electron chi connectivity index (χ0n) is 11.4. The zero-order valence-corrected chi connectivity index (χ0v) is 12.3. The Labute approximate surface area is 121 Å². The minimum atomic E-state index is 0.759. The van der Waals surface area contributed by atoms with E-state index in [4.69, 9.17) is 0 Å². The normalized spacial score (nSPS) is 11.1. The van der Waals surface area contributed by atoms with E-state index in [1.54, 1.807) is 22.8 Å². The Morgan fingerprint density at radius 1 is 1.25 bits per heavy atom. The molecule has 0 saturated heterocycles. The number of nitrogens with zero attached hydrogens (tertiary/aromatic N) is 5. The summed E-state index contributed by atoms with van der Waals surface area (Å²) < 4.78 is 1.79. The maximum Gasteiger partial charge on any atom is 0.182 e. The number of fused-ring (bicyclic) bond motifs is 1. The lowest BCUT2D eigenvalue weighted by molar-refractivity contribution is 0.641. The van der Waals surface area contributed by atoms with Gasteiger partial charge in [0.05, 0.1) is 0 Å². The fourth-order valence-electron chi connectivity index (χ4n) is 2.04. The molecule has 0 fully saturated rings. The molecular weight excluding hydrogens is 270 g/mol. The predicted octanol–water partition coefficient (Wildman–Crippen LogP) is 2.84. The molecule has 0 radical (unpaired) electrons. The molecule has 0 spiro atoms. The topological polar surface area (TPSA) is 56.5 Å². The maximum atomic E-state index is 4.33. The Balaban J connectivity index is 1.86. The standard InChI is InChI=1S/C14H15N5S/c1-3-19-13-12(17-18-19)14(16-9-15-13)20-8-11-6-4-5-10(2)7-11/h4-7,9H,3,8H2,1-2H3. The summed E-state index contributed by atoms with van der Waals surface area (Å²) in [5.74, 6) is 0.868. The average Bonchev–Trinajstić information content (AvgIpc) is 2.89. The van der Waals surface area contributed by atoms with Crippen molar-refractivity contribution in [1.29, 1.82) is 0 Å². The predicted molar refractivity (Wildman–Crippen MR) is 79.5 cm³/mol. The molecular formula is C14H15N5S. The van der Waals surface area contributed by atoms with Crippen LogP contribution in [-0.2, 0) is 12.3 Å². The average molecular weight is 285 g/mol. The fraction of sp³-hybridized carbons (Fsp3) is 0.286. The highest BCUT2D eigenvalue weighted by Crippen LogP contribution is 2.25. The van der Waals surface area contributed by atoms with Crippen molar-refractivity contribution in [3.05, 3.63) is 41.7 Å². The molecule has 5 nitrogen and oxygen atoms in total. The van der Waals surface area contributed by atoms with Crippen molar-refractivity contribution < 1.29 is 0 Å². The molecule has 0 aliphatic carbocycles. The van der Waals surface area contributed by atoms with Crippen LogP contribution in [0, 0.1) is 6.92 Å². The lowest BCUT2D eigenvalue weighted by atomic mass is 10.2. The summed E-state index contributed by atoms with van der Waals surface area (Å²) in [4.78, 5) is 8.58. The fourth-order valence-corrected chi connectivity index (χ4v) is 2.92. The van der Waals surface area contributed by atoms with E-state index in [1.165, 1.54) is 11.1 Å². The van der Waals surface area contributed by atoms with Gasteiger partial charge < -0.3 is 0 Å². The molecule has 3 aromatic rings. The highest BCUT2D eigenvalue weighted by atomic mass is 32.2. The summed E-state index contributed by atoms with van der Waals surface area (Å²) in [6.45, 7) is 4.88. The Kier molecular flexibility index (Phi) is 3.64. The van der Waals surface area contributed by atoms with E-state index in [1.807, 2.05) is 6.92 Å². The van der Waals surface area contributed by atoms with Gasteiger partial charge >= 0.3 is 0 Å².